The number of benzene rings is 1. The van der Waals surface area contributed by atoms with Crippen LogP contribution < -0.4 is 4.74 Å². The first-order valence-corrected chi connectivity index (χ1v) is 8.57. The molecule has 1 amide bonds. The zero-order valence-corrected chi connectivity index (χ0v) is 14.6. The van der Waals surface area contributed by atoms with Crippen molar-refractivity contribution in [2.45, 2.75) is 31.5 Å². The van der Waals surface area contributed by atoms with Crippen molar-refractivity contribution in [2.24, 2.45) is 0 Å². The molecule has 2 heterocycles. The van der Waals surface area contributed by atoms with Crippen molar-refractivity contribution < 1.29 is 24.2 Å². The topological polar surface area (TPSA) is 79.3 Å². The number of aliphatic carboxylic acids is 1. The van der Waals surface area contributed by atoms with Crippen LogP contribution in [0.25, 0.3) is 0 Å². The standard InChI is InChI=1S/C18H24N2O5/c1-3-19-9-7-18(8-10-19)20(15(12-25-18)17(22)23)16(21)13-5-4-6-14(11-13)24-2/h4-6,11,15H,3,7-10,12H2,1-2H3,(H,22,23)/t15-/m0/s1. The van der Waals surface area contributed by atoms with Gasteiger partial charge in [0.05, 0.1) is 13.7 Å². The first kappa shape index (κ1) is 17.7. The van der Waals surface area contributed by atoms with Crippen molar-refractivity contribution in [2.75, 3.05) is 33.4 Å². The number of carboxylic acids is 1. The second-order valence-corrected chi connectivity index (χ2v) is 6.45. The minimum atomic E-state index is -1.04. The predicted octanol–water partition coefficient (Wildman–Crippen LogP) is 1.43. The van der Waals surface area contributed by atoms with Crippen molar-refractivity contribution in [3.8, 4) is 5.75 Å². The van der Waals surface area contributed by atoms with Gasteiger partial charge in [0, 0.05) is 31.5 Å². The molecule has 25 heavy (non-hydrogen) atoms. The van der Waals surface area contributed by atoms with E-state index in [0.717, 1.165) is 19.6 Å². The molecule has 1 N–H and O–H groups in total. The predicted molar refractivity (Wildman–Crippen MR) is 90.6 cm³/mol. The summed E-state index contributed by atoms with van der Waals surface area (Å²) in [4.78, 5) is 28.6. The minimum absolute atomic E-state index is 0.0250. The van der Waals surface area contributed by atoms with Gasteiger partial charge >= 0.3 is 5.97 Å². The number of amides is 1. The normalized spacial score (nSPS) is 23.0. The highest BCUT2D eigenvalue weighted by atomic mass is 16.5. The Morgan fingerprint density at radius 2 is 2.08 bits per heavy atom. The van der Waals surface area contributed by atoms with E-state index in [-0.39, 0.29) is 12.5 Å². The Kier molecular flexibility index (Phi) is 4.96. The summed E-state index contributed by atoms with van der Waals surface area (Å²) in [5.74, 6) is -0.799. The molecule has 2 aliphatic heterocycles. The molecule has 3 rings (SSSR count). The van der Waals surface area contributed by atoms with Gasteiger partial charge in [-0.25, -0.2) is 4.79 Å². The highest BCUT2D eigenvalue weighted by Gasteiger charge is 2.53. The Labute approximate surface area is 147 Å². The number of rotatable bonds is 4. The molecular formula is C18H24N2O5. The van der Waals surface area contributed by atoms with Crippen LogP contribution in [0.4, 0.5) is 0 Å². The molecule has 2 aliphatic rings. The van der Waals surface area contributed by atoms with Crippen LogP contribution in [0.5, 0.6) is 5.75 Å². The second-order valence-electron chi connectivity index (χ2n) is 6.45. The fourth-order valence-corrected chi connectivity index (χ4v) is 3.67. The van der Waals surface area contributed by atoms with Crippen LogP contribution in [0.1, 0.15) is 30.1 Å². The zero-order valence-electron chi connectivity index (χ0n) is 14.6. The van der Waals surface area contributed by atoms with Crippen LogP contribution >= 0.6 is 0 Å². The molecule has 136 valence electrons. The van der Waals surface area contributed by atoms with Gasteiger partial charge in [0.15, 0.2) is 6.04 Å². The van der Waals surface area contributed by atoms with Crippen LogP contribution in [0.15, 0.2) is 24.3 Å². The molecule has 1 atom stereocenters. The maximum absolute atomic E-state index is 13.2. The van der Waals surface area contributed by atoms with Crippen molar-refractivity contribution in [3.05, 3.63) is 29.8 Å². The molecular weight excluding hydrogens is 324 g/mol. The van der Waals surface area contributed by atoms with Crippen LogP contribution in [0.2, 0.25) is 0 Å². The molecule has 2 fully saturated rings. The van der Waals surface area contributed by atoms with E-state index >= 15 is 0 Å². The first-order chi connectivity index (χ1) is 12.0. The van der Waals surface area contributed by atoms with Crippen molar-refractivity contribution >= 4 is 11.9 Å². The summed E-state index contributed by atoms with van der Waals surface area (Å²) in [7, 11) is 1.53. The smallest absolute Gasteiger partial charge is 0.328 e. The Balaban J connectivity index is 1.92. The summed E-state index contributed by atoms with van der Waals surface area (Å²) in [5.41, 5.74) is -0.428. The lowest BCUT2D eigenvalue weighted by atomic mass is 9.96. The van der Waals surface area contributed by atoms with Gasteiger partial charge in [0.1, 0.15) is 11.5 Å². The van der Waals surface area contributed by atoms with Gasteiger partial charge in [-0.15, -0.1) is 0 Å². The molecule has 0 unspecified atom stereocenters. The van der Waals surface area contributed by atoms with Gasteiger partial charge in [0.25, 0.3) is 5.91 Å². The number of carbonyl (C=O) groups is 2. The maximum Gasteiger partial charge on any atom is 0.328 e. The Morgan fingerprint density at radius 3 is 2.68 bits per heavy atom. The summed E-state index contributed by atoms with van der Waals surface area (Å²) in [6.07, 6.45) is 1.22. The van der Waals surface area contributed by atoms with Crippen molar-refractivity contribution in [1.29, 1.82) is 0 Å². The van der Waals surface area contributed by atoms with Gasteiger partial charge in [-0.1, -0.05) is 13.0 Å². The lowest BCUT2D eigenvalue weighted by molar-refractivity contribution is -0.143. The fourth-order valence-electron chi connectivity index (χ4n) is 3.67. The van der Waals surface area contributed by atoms with Crippen molar-refractivity contribution in [1.82, 2.24) is 9.80 Å². The van der Waals surface area contributed by atoms with E-state index in [1.165, 1.54) is 12.0 Å². The van der Waals surface area contributed by atoms with Crippen LogP contribution in [0.3, 0.4) is 0 Å². The third-order valence-corrected chi connectivity index (χ3v) is 5.17. The average Bonchev–Trinajstić information content (AvgIpc) is 3.01. The lowest BCUT2D eigenvalue weighted by Gasteiger charge is -2.44. The largest absolute Gasteiger partial charge is 0.497 e. The molecule has 7 nitrogen and oxygen atoms in total. The number of piperidine rings is 1. The number of ether oxygens (including phenoxy) is 2. The summed E-state index contributed by atoms with van der Waals surface area (Å²) in [6, 6.07) is 5.82. The van der Waals surface area contributed by atoms with Gasteiger partial charge in [-0.2, -0.15) is 0 Å². The molecule has 0 saturated carbocycles. The van der Waals surface area contributed by atoms with Gasteiger partial charge < -0.3 is 19.5 Å². The SMILES string of the molecule is CCN1CCC2(CC1)OC[C@@H](C(=O)O)N2C(=O)c1cccc(OC)c1. The molecule has 7 heteroatoms. The van der Waals surface area contributed by atoms with Crippen LogP contribution in [0, 0.1) is 0 Å². The molecule has 1 aromatic carbocycles. The monoisotopic (exact) mass is 348 g/mol. The maximum atomic E-state index is 13.2. The Morgan fingerprint density at radius 1 is 1.36 bits per heavy atom. The van der Waals surface area contributed by atoms with Crippen molar-refractivity contribution in [3.63, 3.8) is 0 Å². The van der Waals surface area contributed by atoms with Crippen LogP contribution in [-0.2, 0) is 9.53 Å². The minimum Gasteiger partial charge on any atom is -0.497 e. The lowest BCUT2D eigenvalue weighted by Crippen LogP contribution is -2.58. The number of methoxy groups -OCH3 is 1. The molecule has 0 bridgehead atoms. The zero-order chi connectivity index (χ0) is 18.0. The van der Waals surface area contributed by atoms with E-state index in [4.69, 9.17) is 9.47 Å². The highest BCUT2D eigenvalue weighted by Crippen LogP contribution is 2.38. The van der Waals surface area contributed by atoms with Gasteiger partial charge in [-0.3, -0.25) is 9.69 Å². The second kappa shape index (κ2) is 7.01. The molecule has 0 aliphatic carbocycles. The highest BCUT2D eigenvalue weighted by molar-refractivity contribution is 5.97. The summed E-state index contributed by atoms with van der Waals surface area (Å²) >= 11 is 0. The molecule has 0 aromatic heterocycles. The van der Waals surface area contributed by atoms with Gasteiger partial charge in [0.2, 0.25) is 0 Å². The third-order valence-electron chi connectivity index (χ3n) is 5.17. The number of hydrogen-bond donors (Lipinski definition) is 1. The Hall–Kier alpha value is -2.12. The van der Waals surface area contributed by atoms with E-state index in [1.807, 2.05) is 0 Å². The summed E-state index contributed by atoms with van der Waals surface area (Å²) in [5, 5.41) is 9.58. The third kappa shape index (κ3) is 3.21. The number of nitrogens with zero attached hydrogens (tertiary/aromatic N) is 2. The summed E-state index contributed by atoms with van der Waals surface area (Å²) < 4.78 is 11.1. The Bertz CT molecular complexity index is 655. The molecule has 0 radical (unpaired) electrons. The summed E-state index contributed by atoms with van der Waals surface area (Å²) in [6.45, 7) is 4.61. The van der Waals surface area contributed by atoms with Gasteiger partial charge in [-0.05, 0) is 24.7 Å². The van der Waals surface area contributed by atoms with E-state index in [2.05, 4.69) is 11.8 Å². The fraction of sp³-hybridized carbons (Fsp3) is 0.556. The number of carbonyl (C=O) groups excluding carboxylic acids is 1. The van der Waals surface area contributed by atoms with E-state index < -0.39 is 17.7 Å². The van der Waals surface area contributed by atoms with E-state index in [1.54, 1.807) is 24.3 Å². The molecule has 2 saturated heterocycles. The number of carboxylic acid groups (broad SMARTS) is 1. The molecule has 1 spiro atoms. The first-order valence-electron chi connectivity index (χ1n) is 8.57. The van der Waals surface area contributed by atoms with Crippen LogP contribution in [-0.4, -0.2) is 71.9 Å². The van der Waals surface area contributed by atoms with E-state index in [9.17, 15) is 14.7 Å². The number of likely N-dealkylation sites (tertiary alicyclic amines) is 1. The van der Waals surface area contributed by atoms with E-state index in [0.29, 0.717) is 24.2 Å². The number of hydrogen-bond acceptors (Lipinski definition) is 5. The quantitative estimate of drug-likeness (QED) is 0.887. The average molecular weight is 348 g/mol. The molecule has 1 aromatic rings.